The molecular formula is C15H14N4O3S2. The van der Waals surface area contributed by atoms with E-state index in [0.717, 1.165) is 10.6 Å². The Labute approximate surface area is 146 Å². The second-order valence-electron chi connectivity index (χ2n) is 4.66. The SMILES string of the molecule is COc1cccc(-c2nc(C(=O)Nc3nnc(C)s3)cs2)c1OC. The van der Waals surface area contributed by atoms with Crippen molar-refractivity contribution in [3.05, 3.63) is 34.3 Å². The normalized spacial score (nSPS) is 10.5. The van der Waals surface area contributed by atoms with Crippen LogP contribution in [0, 0.1) is 6.92 Å². The minimum Gasteiger partial charge on any atom is -0.493 e. The van der Waals surface area contributed by atoms with Crippen molar-refractivity contribution < 1.29 is 14.3 Å². The van der Waals surface area contributed by atoms with Crippen molar-refractivity contribution in [2.75, 3.05) is 19.5 Å². The van der Waals surface area contributed by atoms with Crippen LogP contribution in [0.2, 0.25) is 0 Å². The van der Waals surface area contributed by atoms with E-state index in [1.54, 1.807) is 25.7 Å². The molecule has 0 bridgehead atoms. The van der Waals surface area contributed by atoms with E-state index in [4.69, 9.17) is 9.47 Å². The van der Waals surface area contributed by atoms with Crippen LogP contribution in [0.25, 0.3) is 10.6 Å². The molecule has 0 radical (unpaired) electrons. The number of anilines is 1. The number of hydrogen-bond acceptors (Lipinski definition) is 8. The van der Waals surface area contributed by atoms with Crippen LogP contribution in [0.3, 0.4) is 0 Å². The van der Waals surface area contributed by atoms with Crippen LogP contribution < -0.4 is 14.8 Å². The number of aromatic nitrogens is 3. The first-order valence-corrected chi connectivity index (χ1v) is 8.60. The smallest absolute Gasteiger partial charge is 0.276 e. The lowest BCUT2D eigenvalue weighted by Crippen LogP contribution is -2.12. The molecular weight excluding hydrogens is 348 g/mol. The summed E-state index contributed by atoms with van der Waals surface area (Å²) < 4.78 is 10.7. The van der Waals surface area contributed by atoms with Gasteiger partial charge in [-0.05, 0) is 19.1 Å². The number of benzene rings is 1. The number of methoxy groups -OCH3 is 2. The summed E-state index contributed by atoms with van der Waals surface area (Å²) in [6.45, 7) is 1.82. The second kappa shape index (κ2) is 6.93. The summed E-state index contributed by atoms with van der Waals surface area (Å²) in [7, 11) is 3.15. The highest BCUT2D eigenvalue weighted by Gasteiger charge is 2.18. The molecule has 0 fully saturated rings. The van der Waals surface area contributed by atoms with Gasteiger partial charge in [-0.2, -0.15) is 0 Å². The molecule has 0 saturated heterocycles. The number of thiazole rings is 1. The van der Waals surface area contributed by atoms with E-state index in [0.29, 0.717) is 27.3 Å². The largest absolute Gasteiger partial charge is 0.493 e. The number of ether oxygens (including phenoxy) is 2. The molecule has 1 N–H and O–H groups in total. The molecule has 3 aromatic rings. The second-order valence-corrected chi connectivity index (χ2v) is 6.70. The third kappa shape index (κ3) is 3.22. The van der Waals surface area contributed by atoms with Gasteiger partial charge < -0.3 is 9.47 Å². The topological polar surface area (TPSA) is 86.2 Å². The zero-order valence-corrected chi connectivity index (χ0v) is 14.8. The summed E-state index contributed by atoms with van der Waals surface area (Å²) >= 11 is 2.67. The monoisotopic (exact) mass is 362 g/mol. The molecule has 0 aliphatic rings. The summed E-state index contributed by atoms with van der Waals surface area (Å²) in [6.07, 6.45) is 0. The average molecular weight is 362 g/mol. The van der Waals surface area contributed by atoms with Crippen molar-refractivity contribution in [2.24, 2.45) is 0 Å². The highest BCUT2D eigenvalue weighted by atomic mass is 32.1. The molecule has 3 rings (SSSR count). The number of rotatable bonds is 5. The van der Waals surface area contributed by atoms with Crippen molar-refractivity contribution in [2.45, 2.75) is 6.92 Å². The first-order chi connectivity index (χ1) is 11.6. The van der Waals surface area contributed by atoms with Gasteiger partial charge in [0.15, 0.2) is 11.5 Å². The zero-order chi connectivity index (χ0) is 17.1. The van der Waals surface area contributed by atoms with Gasteiger partial charge in [0.1, 0.15) is 15.7 Å². The van der Waals surface area contributed by atoms with Crippen LogP contribution in [-0.4, -0.2) is 35.3 Å². The lowest BCUT2D eigenvalue weighted by atomic mass is 10.2. The molecule has 2 heterocycles. The van der Waals surface area contributed by atoms with E-state index < -0.39 is 0 Å². The molecule has 9 heteroatoms. The van der Waals surface area contributed by atoms with Crippen LogP contribution in [0.15, 0.2) is 23.6 Å². The van der Waals surface area contributed by atoms with Crippen molar-refractivity contribution >= 4 is 33.7 Å². The molecule has 0 unspecified atom stereocenters. The molecule has 0 aliphatic heterocycles. The predicted octanol–water partition coefficient (Wildman–Crippen LogP) is 3.24. The molecule has 0 spiro atoms. The van der Waals surface area contributed by atoms with E-state index in [9.17, 15) is 4.79 Å². The third-order valence-electron chi connectivity index (χ3n) is 3.12. The number of nitrogens with zero attached hydrogens (tertiary/aromatic N) is 3. The van der Waals surface area contributed by atoms with Crippen molar-refractivity contribution in [3.8, 4) is 22.1 Å². The van der Waals surface area contributed by atoms with Crippen molar-refractivity contribution in [1.82, 2.24) is 15.2 Å². The molecule has 2 aromatic heterocycles. The number of nitrogens with one attached hydrogen (secondary N) is 1. The van der Waals surface area contributed by atoms with E-state index in [-0.39, 0.29) is 5.91 Å². The number of hydrogen-bond donors (Lipinski definition) is 1. The maximum atomic E-state index is 12.3. The molecule has 7 nitrogen and oxygen atoms in total. The summed E-state index contributed by atoms with van der Waals surface area (Å²) in [4.78, 5) is 16.7. The number of carbonyl (C=O) groups excluding carboxylic acids is 1. The Balaban J connectivity index is 1.87. The fourth-order valence-corrected chi connectivity index (χ4v) is 3.47. The molecule has 24 heavy (non-hydrogen) atoms. The van der Waals surface area contributed by atoms with Crippen molar-refractivity contribution in [3.63, 3.8) is 0 Å². The van der Waals surface area contributed by atoms with Gasteiger partial charge in [-0.3, -0.25) is 10.1 Å². The maximum absolute atomic E-state index is 12.3. The molecule has 0 atom stereocenters. The molecule has 0 saturated carbocycles. The Hall–Kier alpha value is -2.52. The predicted molar refractivity (Wildman–Crippen MR) is 93.3 cm³/mol. The molecule has 1 aromatic carbocycles. The maximum Gasteiger partial charge on any atom is 0.276 e. The van der Waals surface area contributed by atoms with Gasteiger partial charge in [-0.15, -0.1) is 21.5 Å². The van der Waals surface area contributed by atoms with Crippen LogP contribution in [0.5, 0.6) is 11.5 Å². The first-order valence-electron chi connectivity index (χ1n) is 6.90. The summed E-state index contributed by atoms with van der Waals surface area (Å²) in [5, 5.41) is 14.0. The highest BCUT2D eigenvalue weighted by Crippen LogP contribution is 2.39. The number of aryl methyl sites for hydroxylation is 1. The summed E-state index contributed by atoms with van der Waals surface area (Å²) in [5.74, 6) is 0.872. The first kappa shape index (κ1) is 16.3. The quantitative estimate of drug-likeness (QED) is 0.750. The van der Waals surface area contributed by atoms with Gasteiger partial charge in [0.05, 0.1) is 19.8 Å². The van der Waals surface area contributed by atoms with E-state index in [2.05, 4.69) is 20.5 Å². The van der Waals surface area contributed by atoms with Gasteiger partial charge in [0.25, 0.3) is 5.91 Å². The standard InChI is InChI=1S/C15H14N4O3S2/c1-8-18-19-15(24-8)17-13(20)10-7-23-14(16-10)9-5-4-6-11(21-2)12(9)22-3/h4-7H,1-3H3,(H,17,19,20). The van der Waals surface area contributed by atoms with Crippen LogP contribution in [0.1, 0.15) is 15.5 Å². The summed E-state index contributed by atoms with van der Waals surface area (Å²) in [6, 6.07) is 5.53. The third-order valence-corrected chi connectivity index (χ3v) is 4.75. The van der Waals surface area contributed by atoms with Crippen LogP contribution in [0.4, 0.5) is 5.13 Å². The molecule has 0 aliphatic carbocycles. The van der Waals surface area contributed by atoms with Crippen LogP contribution >= 0.6 is 22.7 Å². The fraction of sp³-hybridized carbons (Fsp3) is 0.200. The zero-order valence-electron chi connectivity index (χ0n) is 13.2. The van der Waals surface area contributed by atoms with Gasteiger partial charge in [-0.25, -0.2) is 4.98 Å². The minimum absolute atomic E-state index is 0.313. The van der Waals surface area contributed by atoms with Gasteiger partial charge >= 0.3 is 0 Å². The van der Waals surface area contributed by atoms with Crippen LogP contribution in [-0.2, 0) is 0 Å². The Kier molecular flexibility index (Phi) is 4.72. The molecule has 124 valence electrons. The lowest BCUT2D eigenvalue weighted by molar-refractivity contribution is 0.102. The fourth-order valence-electron chi connectivity index (χ4n) is 2.07. The number of carbonyl (C=O) groups is 1. The Morgan fingerprint density at radius 1 is 1.21 bits per heavy atom. The average Bonchev–Trinajstić information content (AvgIpc) is 3.23. The number of amides is 1. The van der Waals surface area contributed by atoms with Gasteiger partial charge in [-0.1, -0.05) is 17.4 Å². The Morgan fingerprint density at radius 3 is 2.71 bits per heavy atom. The molecule has 1 amide bonds. The van der Waals surface area contributed by atoms with Gasteiger partial charge in [0.2, 0.25) is 5.13 Å². The number of para-hydroxylation sites is 1. The van der Waals surface area contributed by atoms with Gasteiger partial charge in [0, 0.05) is 5.38 Å². The Bertz CT molecular complexity index is 875. The van der Waals surface area contributed by atoms with E-state index in [1.165, 1.54) is 22.7 Å². The summed E-state index contributed by atoms with van der Waals surface area (Å²) in [5.41, 5.74) is 1.08. The van der Waals surface area contributed by atoms with E-state index in [1.807, 2.05) is 19.1 Å². The van der Waals surface area contributed by atoms with Crippen molar-refractivity contribution in [1.29, 1.82) is 0 Å². The Morgan fingerprint density at radius 2 is 2.04 bits per heavy atom. The van der Waals surface area contributed by atoms with E-state index >= 15 is 0 Å². The highest BCUT2D eigenvalue weighted by molar-refractivity contribution is 7.15. The minimum atomic E-state index is -0.324. The lowest BCUT2D eigenvalue weighted by Gasteiger charge is -2.10.